The van der Waals surface area contributed by atoms with Crippen LogP contribution in [0, 0.1) is 6.07 Å². The molecule has 0 aliphatic carbocycles. The summed E-state index contributed by atoms with van der Waals surface area (Å²) >= 11 is 0. The van der Waals surface area contributed by atoms with Crippen molar-refractivity contribution in [2.75, 3.05) is 0 Å². The second-order valence-electron chi connectivity index (χ2n) is 1.59. The number of oxazole rings is 1. The molecular formula is C6H3N2O. The molecule has 0 saturated heterocycles. The molecular weight excluding hydrogens is 116 g/mol. The van der Waals surface area contributed by atoms with Crippen LogP contribution in [0.15, 0.2) is 23.1 Å². The highest BCUT2D eigenvalue weighted by Crippen LogP contribution is 2.04. The summed E-state index contributed by atoms with van der Waals surface area (Å²) in [4.78, 5) is 7.71. The van der Waals surface area contributed by atoms with Crippen molar-refractivity contribution in [2.24, 2.45) is 0 Å². The number of pyridine rings is 1. The average molecular weight is 119 g/mol. The third kappa shape index (κ3) is 0.579. The van der Waals surface area contributed by atoms with Gasteiger partial charge in [-0.25, -0.2) is 4.98 Å². The normalized spacial score (nSPS) is 10.2. The molecule has 9 heavy (non-hydrogen) atoms. The first-order valence-electron chi connectivity index (χ1n) is 2.53. The molecule has 0 atom stereocenters. The number of hydrogen-bond donors (Lipinski definition) is 0. The fourth-order valence-corrected chi connectivity index (χ4v) is 0.652. The predicted octanol–water partition coefficient (Wildman–Crippen LogP) is 1.02. The van der Waals surface area contributed by atoms with E-state index in [1.54, 1.807) is 12.3 Å². The van der Waals surface area contributed by atoms with Gasteiger partial charge in [0.25, 0.3) is 0 Å². The second-order valence-corrected chi connectivity index (χ2v) is 1.59. The molecule has 1 radical (unpaired) electrons. The summed E-state index contributed by atoms with van der Waals surface area (Å²) in [5.74, 6) is 0. The zero-order valence-electron chi connectivity index (χ0n) is 4.53. The zero-order chi connectivity index (χ0) is 6.10. The van der Waals surface area contributed by atoms with E-state index in [-0.39, 0.29) is 0 Å². The molecule has 0 N–H and O–H groups in total. The molecule has 2 aromatic rings. The van der Waals surface area contributed by atoms with Crippen molar-refractivity contribution in [3.8, 4) is 0 Å². The summed E-state index contributed by atoms with van der Waals surface area (Å²) in [7, 11) is 0. The number of aromatic nitrogens is 2. The van der Waals surface area contributed by atoms with E-state index < -0.39 is 0 Å². The largest absolute Gasteiger partial charge is 0.441 e. The topological polar surface area (TPSA) is 38.9 Å². The van der Waals surface area contributed by atoms with Gasteiger partial charge in [-0.05, 0) is 6.07 Å². The van der Waals surface area contributed by atoms with Gasteiger partial charge < -0.3 is 4.42 Å². The van der Waals surface area contributed by atoms with Crippen molar-refractivity contribution in [1.82, 2.24) is 9.97 Å². The predicted molar refractivity (Wildman–Crippen MR) is 30.6 cm³/mol. The van der Waals surface area contributed by atoms with Crippen LogP contribution in [0.5, 0.6) is 0 Å². The third-order valence-electron chi connectivity index (χ3n) is 1.03. The molecule has 3 heteroatoms. The van der Waals surface area contributed by atoms with Crippen LogP contribution in [0.2, 0.25) is 0 Å². The van der Waals surface area contributed by atoms with Gasteiger partial charge in [-0.15, -0.1) is 0 Å². The van der Waals surface area contributed by atoms with Crippen LogP contribution in [-0.2, 0) is 0 Å². The minimum atomic E-state index is 0.609. The maximum atomic E-state index is 4.89. The van der Waals surface area contributed by atoms with Gasteiger partial charge in [-0.1, -0.05) is 0 Å². The van der Waals surface area contributed by atoms with E-state index in [0.717, 1.165) is 0 Å². The molecule has 0 fully saturated rings. The maximum absolute atomic E-state index is 4.89. The SMILES string of the molecule is [c]1ccnc2ncoc12. The fourth-order valence-electron chi connectivity index (χ4n) is 0.652. The van der Waals surface area contributed by atoms with Crippen molar-refractivity contribution < 1.29 is 4.42 Å². The van der Waals surface area contributed by atoms with Crippen LogP contribution >= 0.6 is 0 Å². The Kier molecular flexibility index (Phi) is 0.773. The van der Waals surface area contributed by atoms with Gasteiger partial charge >= 0.3 is 0 Å². The van der Waals surface area contributed by atoms with E-state index in [0.29, 0.717) is 11.2 Å². The van der Waals surface area contributed by atoms with Gasteiger partial charge in [0.2, 0.25) is 0 Å². The first-order valence-corrected chi connectivity index (χ1v) is 2.53. The summed E-state index contributed by atoms with van der Waals surface area (Å²) in [6.45, 7) is 0. The van der Waals surface area contributed by atoms with Gasteiger partial charge in [-0.2, -0.15) is 4.98 Å². The Balaban J connectivity index is 2.95. The number of fused-ring (bicyclic) bond motifs is 1. The fraction of sp³-hybridized carbons (Fsp3) is 0. The lowest BCUT2D eigenvalue weighted by Gasteiger charge is -1.78. The second kappa shape index (κ2) is 1.55. The van der Waals surface area contributed by atoms with Gasteiger partial charge in [0, 0.05) is 12.3 Å². The molecule has 0 bridgehead atoms. The van der Waals surface area contributed by atoms with Crippen LogP contribution in [0.4, 0.5) is 0 Å². The highest BCUT2D eigenvalue weighted by atomic mass is 16.3. The van der Waals surface area contributed by atoms with Gasteiger partial charge in [-0.3, -0.25) is 0 Å². The summed E-state index contributed by atoms with van der Waals surface area (Å²) in [6.07, 6.45) is 2.99. The van der Waals surface area contributed by atoms with Crippen LogP contribution in [0.1, 0.15) is 0 Å². The molecule has 0 aliphatic heterocycles. The third-order valence-corrected chi connectivity index (χ3v) is 1.03. The number of rotatable bonds is 0. The standard InChI is InChI=1S/C6H3N2O/c1-2-5-6(7-3-1)8-4-9-5/h1,3-4H. The van der Waals surface area contributed by atoms with Crippen molar-refractivity contribution in [2.45, 2.75) is 0 Å². The van der Waals surface area contributed by atoms with Gasteiger partial charge in [0.1, 0.15) is 0 Å². The molecule has 43 valence electrons. The number of nitrogens with zero attached hydrogens (tertiary/aromatic N) is 2. The lowest BCUT2D eigenvalue weighted by Crippen LogP contribution is -1.71. The summed E-state index contributed by atoms with van der Waals surface area (Å²) in [6, 6.07) is 4.53. The lowest BCUT2D eigenvalue weighted by molar-refractivity contribution is 0.601. The monoisotopic (exact) mass is 119 g/mol. The summed E-state index contributed by atoms with van der Waals surface area (Å²) in [5.41, 5.74) is 1.22. The van der Waals surface area contributed by atoms with E-state index in [2.05, 4.69) is 16.0 Å². The van der Waals surface area contributed by atoms with E-state index in [4.69, 9.17) is 4.42 Å². The lowest BCUT2D eigenvalue weighted by atomic mass is 10.5. The van der Waals surface area contributed by atoms with E-state index >= 15 is 0 Å². The molecule has 3 nitrogen and oxygen atoms in total. The summed E-state index contributed by atoms with van der Waals surface area (Å²) < 4.78 is 4.89. The first kappa shape index (κ1) is 4.49. The highest BCUT2D eigenvalue weighted by Gasteiger charge is 1.93. The van der Waals surface area contributed by atoms with Gasteiger partial charge in [0.15, 0.2) is 17.6 Å². The Morgan fingerprint density at radius 3 is 3.33 bits per heavy atom. The molecule has 0 aliphatic rings. The minimum absolute atomic E-state index is 0.609. The summed E-state index contributed by atoms with van der Waals surface area (Å²) in [5, 5.41) is 0. The van der Waals surface area contributed by atoms with Crippen molar-refractivity contribution in [3.05, 3.63) is 24.7 Å². The van der Waals surface area contributed by atoms with Crippen LogP contribution < -0.4 is 0 Å². The smallest absolute Gasteiger partial charge is 0.199 e. The van der Waals surface area contributed by atoms with Crippen LogP contribution in [0.3, 0.4) is 0 Å². The Hall–Kier alpha value is -1.38. The first-order chi connectivity index (χ1) is 4.47. The molecule has 2 aromatic heterocycles. The van der Waals surface area contributed by atoms with Crippen LogP contribution in [0.25, 0.3) is 11.2 Å². The number of hydrogen-bond acceptors (Lipinski definition) is 3. The van der Waals surface area contributed by atoms with Crippen molar-refractivity contribution in [1.29, 1.82) is 0 Å². The average Bonchev–Trinajstić information content (AvgIpc) is 2.33. The van der Waals surface area contributed by atoms with E-state index in [9.17, 15) is 0 Å². The Morgan fingerprint density at radius 2 is 2.44 bits per heavy atom. The van der Waals surface area contributed by atoms with Crippen molar-refractivity contribution in [3.63, 3.8) is 0 Å². The minimum Gasteiger partial charge on any atom is -0.441 e. The molecule has 0 unspecified atom stereocenters. The highest BCUT2D eigenvalue weighted by molar-refractivity contribution is 5.65. The molecule has 0 spiro atoms. The Morgan fingerprint density at radius 1 is 1.44 bits per heavy atom. The molecule has 0 aromatic carbocycles. The molecule has 0 saturated carbocycles. The Labute approximate surface area is 51.3 Å². The van der Waals surface area contributed by atoms with E-state index in [1.807, 2.05) is 0 Å². The van der Waals surface area contributed by atoms with Crippen molar-refractivity contribution >= 4 is 11.2 Å². The zero-order valence-corrected chi connectivity index (χ0v) is 4.53. The Bertz CT molecular complexity index is 285. The quantitative estimate of drug-likeness (QED) is 0.519. The van der Waals surface area contributed by atoms with Crippen LogP contribution in [-0.4, -0.2) is 9.97 Å². The molecule has 0 amide bonds. The van der Waals surface area contributed by atoms with E-state index in [1.165, 1.54) is 6.39 Å². The molecule has 2 heterocycles. The van der Waals surface area contributed by atoms with Gasteiger partial charge in [0.05, 0.1) is 0 Å². The molecule has 2 rings (SSSR count). The maximum Gasteiger partial charge on any atom is 0.199 e.